The first-order valence-electron chi connectivity index (χ1n) is 5.26. The van der Waals surface area contributed by atoms with Gasteiger partial charge in [-0.2, -0.15) is 0 Å². The van der Waals surface area contributed by atoms with Gasteiger partial charge in [-0.3, -0.25) is 4.90 Å². The molecule has 0 aliphatic carbocycles. The van der Waals surface area contributed by atoms with E-state index < -0.39 is 0 Å². The van der Waals surface area contributed by atoms with Gasteiger partial charge in [0.2, 0.25) is 0 Å². The Kier molecular flexibility index (Phi) is 3.67. The van der Waals surface area contributed by atoms with Crippen LogP contribution in [0.5, 0.6) is 0 Å². The molecule has 0 unspecified atom stereocenters. The Hall–Kier alpha value is -0.410. The van der Waals surface area contributed by atoms with Crippen molar-refractivity contribution in [3.05, 3.63) is 0 Å². The molecule has 0 N–H and O–H groups in total. The summed E-state index contributed by atoms with van der Waals surface area (Å²) >= 11 is 0. The molecule has 1 aliphatic rings. The summed E-state index contributed by atoms with van der Waals surface area (Å²) in [5.41, 5.74) is -0.250. The van der Waals surface area contributed by atoms with Crippen LogP contribution in [0.4, 0.5) is 0 Å². The summed E-state index contributed by atoms with van der Waals surface area (Å²) in [7, 11) is 0. The van der Waals surface area contributed by atoms with Crippen LogP contribution >= 0.6 is 0 Å². The fraction of sp³-hybridized carbons (Fsp3) is 0.909. The second-order valence-corrected chi connectivity index (χ2v) is 5.06. The molecule has 82 valence electrons. The van der Waals surface area contributed by atoms with Crippen LogP contribution in [0, 0.1) is 5.41 Å². The normalized spacial score (nSPS) is 18.7. The van der Waals surface area contributed by atoms with Gasteiger partial charge in [0.05, 0.1) is 19.3 Å². The van der Waals surface area contributed by atoms with Gasteiger partial charge < -0.3 is 9.53 Å². The molecule has 0 spiro atoms. The highest BCUT2D eigenvalue weighted by atomic mass is 16.5. The molecule has 3 heteroatoms. The molecule has 1 rings (SSSR count). The third-order valence-corrected chi connectivity index (χ3v) is 2.66. The van der Waals surface area contributed by atoms with E-state index in [2.05, 4.69) is 18.7 Å². The van der Waals surface area contributed by atoms with E-state index in [1.54, 1.807) is 0 Å². The van der Waals surface area contributed by atoms with Gasteiger partial charge in [-0.25, -0.2) is 0 Å². The van der Waals surface area contributed by atoms with Crippen molar-refractivity contribution in [2.24, 2.45) is 5.41 Å². The molecular formula is C11H21NO2. The first-order valence-corrected chi connectivity index (χ1v) is 5.26. The molecule has 0 saturated carbocycles. The number of nitrogens with zero attached hydrogens (tertiary/aromatic N) is 1. The zero-order valence-electron chi connectivity index (χ0n) is 9.62. The minimum Gasteiger partial charge on any atom is -0.378 e. The largest absolute Gasteiger partial charge is 0.378 e. The predicted octanol–water partition coefficient (Wildman–Crippen LogP) is 1.32. The second-order valence-electron chi connectivity index (χ2n) is 5.06. The topological polar surface area (TPSA) is 29.5 Å². The number of rotatable bonds is 5. The molecule has 14 heavy (non-hydrogen) atoms. The Morgan fingerprint density at radius 3 is 2.36 bits per heavy atom. The van der Waals surface area contributed by atoms with Gasteiger partial charge in [0, 0.05) is 18.0 Å². The smallest absolute Gasteiger partial charge is 0.126 e. The molecule has 1 aliphatic heterocycles. The van der Waals surface area contributed by atoms with Crippen LogP contribution in [0.3, 0.4) is 0 Å². The summed E-state index contributed by atoms with van der Waals surface area (Å²) in [4.78, 5) is 13.2. The quantitative estimate of drug-likeness (QED) is 0.625. The molecule has 0 radical (unpaired) electrons. The average Bonchev–Trinajstić information content (AvgIpc) is 1.99. The van der Waals surface area contributed by atoms with Crippen LogP contribution in [0.1, 0.15) is 27.7 Å². The molecule has 0 aromatic carbocycles. The maximum Gasteiger partial charge on any atom is 0.126 e. The molecule has 0 aromatic heterocycles. The van der Waals surface area contributed by atoms with Crippen molar-refractivity contribution < 1.29 is 9.53 Å². The van der Waals surface area contributed by atoms with Crippen molar-refractivity contribution >= 4 is 6.29 Å². The number of hydrogen-bond donors (Lipinski definition) is 0. The van der Waals surface area contributed by atoms with Crippen molar-refractivity contribution in [2.45, 2.75) is 39.8 Å². The first kappa shape index (κ1) is 11.7. The molecule has 0 aromatic rings. The van der Waals surface area contributed by atoms with E-state index >= 15 is 0 Å². The van der Waals surface area contributed by atoms with Crippen LogP contribution in [0.25, 0.3) is 0 Å². The van der Waals surface area contributed by atoms with E-state index in [0.717, 1.165) is 26.0 Å². The predicted molar refractivity (Wildman–Crippen MR) is 56.3 cm³/mol. The van der Waals surface area contributed by atoms with Crippen molar-refractivity contribution in [2.75, 3.05) is 19.8 Å². The Labute approximate surface area is 86.4 Å². The van der Waals surface area contributed by atoms with Gasteiger partial charge in [0.15, 0.2) is 0 Å². The van der Waals surface area contributed by atoms with E-state index in [-0.39, 0.29) is 5.41 Å². The highest BCUT2D eigenvalue weighted by Gasteiger charge is 2.32. The highest BCUT2D eigenvalue weighted by Crippen LogP contribution is 2.21. The van der Waals surface area contributed by atoms with Gasteiger partial charge in [-0.05, 0) is 13.8 Å². The van der Waals surface area contributed by atoms with E-state index in [1.807, 2.05) is 13.8 Å². The van der Waals surface area contributed by atoms with Crippen LogP contribution in [0.2, 0.25) is 0 Å². The molecule has 0 amide bonds. The third kappa shape index (κ3) is 2.79. The van der Waals surface area contributed by atoms with Crippen molar-refractivity contribution in [3.63, 3.8) is 0 Å². The Balaban J connectivity index is 2.54. The lowest BCUT2D eigenvalue weighted by Crippen LogP contribution is -2.54. The van der Waals surface area contributed by atoms with Crippen molar-refractivity contribution in [1.82, 2.24) is 4.90 Å². The number of carbonyl (C=O) groups is 1. The third-order valence-electron chi connectivity index (χ3n) is 2.66. The molecule has 1 saturated heterocycles. The van der Waals surface area contributed by atoms with Crippen molar-refractivity contribution in [3.8, 4) is 0 Å². The molecule has 1 heterocycles. The van der Waals surface area contributed by atoms with Gasteiger partial charge >= 0.3 is 0 Å². The Morgan fingerprint density at radius 2 is 2.07 bits per heavy atom. The van der Waals surface area contributed by atoms with E-state index in [9.17, 15) is 4.79 Å². The second kappa shape index (κ2) is 4.41. The fourth-order valence-corrected chi connectivity index (χ4v) is 1.66. The minimum atomic E-state index is -0.250. The molecule has 0 atom stereocenters. The van der Waals surface area contributed by atoms with Crippen LogP contribution in [0.15, 0.2) is 0 Å². The first-order chi connectivity index (χ1) is 6.46. The van der Waals surface area contributed by atoms with Crippen LogP contribution in [-0.2, 0) is 9.53 Å². The van der Waals surface area contributed by atoms with Gasteiger partial charge in [-0.1, -0.05) is 13.8 Å². The lowest BCUT2D eigenvalue weighted by molar-refractivity contribution is -0.120. The summed E-state index contributed by atoms with van der Waals surface area (Å²) in [5, 5.41) is 0. The van der Waals surface area contributed by atoms with Crippen LogP contribution < -0.4 is 0 Å². The molecular weight excluding hydrogens is 178 g/mol. The summed E-state index contributed by atoms with van der Waals surface area (Å²) in [5.74, 6) is 0. The minimum absolute atomic E-state index is 0.250. The average molecular weight is 199 g/mol. The Morgan fingerprint density at radius 1 is 1.50 bits per heavy atom. The lowest BCUT2D eigenvalue weighted by atomic mass is 9.93. The SMILES string of the molecule is CC(C)N(CC(C)(C)C=O)C1COC1. The highest BCUT2D eigenvalue weighted by molar-refractivity contribution is 5.58. The van der Waals surface area contributed by atoms with E-state index in [0.29, 0.717) is 12.1 Å². The van der Waals surface area contributed by atoms with Gasteiger partial charge in [-0.15, -0.1) is 0 Å². The van der Waals surface area contributed by atoms with Gasteiger partial charge in [0.1, 0.15) is 6.29 Å². The number of hydrogen-bond acceptors (Lipinski definition) is 3. The lowest BCUT2D eigenvalue weighted by Gasteiger charge is -2.42. The molecule has 1 fully saturated rings. The monoisotopic (exact) mass is 199 g/mol. The molecule has 0 bridgehead atoms. The van der Waals surface area contributed by atoms with E-state index in [1.165, 1.54) is 0 Å². The summed E-state index contributed by atoms with van der Waals surface area (Å²) in [6.45, 7) is 10.7. The van der Waals surface area contributed by atoms with Crippen LogP contribution in [-0.4, -0.2) is 43.0 Å². The maximum atomic E-state index is 10.9. The molecule has 3 nitrogen and oxygen atoms in total. The standard InChI is InChI=1S/C11H21NO2/c1-9(2)12(10-5-14-6-10)7-11(3,4)8-13/h8-10H,5-7H2,1-4H3. The van der Waals surface area contributed by atoms with Crippen molar-refractivity contribution in [1.29, 1.82) is 0 Å². The maximum absolute atomic E-state index is 10.9. The summed E-state index contributed by atoms with van der Waals surface area (Å²) < 4.78 is 5.18. The zero-order valence-corrected chi connectivity index (χ0v) is 9.62. The number of aldehydes is 1. The van der Waals surface area contributed by atoms with Gasteiger partial charge in [0.25, 0.3) is 0 Å². The van der Waals surface area contributed by atoms with E-state index in [4.69, 9.17) is 4.74 Å². The fourth-order valence-electron chi connectivity index (χ4n) is 1.66. The zero-order chi connectivity index (χ0) is 10.8. The summed E-state index contributed by atoms with van der Waals surface area (Å²) in [6.07, 6.45) is 1.04. The number of carbonyl (C=O) groups excluding carboxylic acids is 1. The summed E-state index contributed by atoms with van der Waals surface area (Å²) in [6, 6.07) is 0.984. The Bertz CT molecular complexity index is 197. The number of ether oxygens (including phenoxy) is 1.